The normalized spacial score (nSPS) is 64.4. The Labute approximate surface area is 204 Å². The molecule has 4 saturated carbocycles. The summed E-state index contributed by atoms with van der Waals surface area (Å²) in [6, 6.07) is 0. The zero-order chi connectivity index (χ0) is 24.6. The molecule has 0 bridgehead atoms. The van der Waals surface area contributed by atoms with Crippen LogP contribution in [0.5, 0.6) is 0 Å². The van der Waals surface area contributed by atoms with Gasteiger partial charge < -0.3 is 29.9 Å². The first kappa shape index (κ1) is 24.1. The molecule has 194 valence electrons. The van der Waals surface area contributed by atoms with Crippen LogP contribution in [0.3, 0.4) is 0 Å². The van der Waals surface area contributed by atoms with Crippen molar-refractivity contribution in [3.63, 3.8) is 0 Å². The highest BCUT2D eigenvalue weighted by Crippen LogP contribution is 2.72. The minimum absolute atomic E-state index is 0.0682. The van der Waals surface area contributed by atoms with Gasteiger partial charge in [0.2, 0.25) is 0 Å². The summed E-state index contributed by atoms with van der Waals surface area (Å²) in [5.41, 5.74) is -1.87. The molecule has 1 spiro atoms. The average molecular weight is 479 g/mol. The van der Waals surface area contributed by atoms with Crippen LogP contribution in [0.15, 0.2) is 0 Å². The highest BCUT2D eigenvalue weighted by atomic mass is 16.7. The predicted octanol–water partition coefficient (Wildman–Crippen LogP) is 3.24. The van der Waals surface area contributed by atoms with Gasteiger partial charge in [-0.1, -0.05) is 20.8 Å². The molecule has 0 aromatic heterocycles. The number of fused-ring (bicyclic) bond motifs is 7. The molecule has 6 rings (SSSR count). The maximum absolute atomic E-state index is 12.2. The van der Waals surface area contributed by atoms with E-state index in [1.165, 1.54) is 0 Å². The Morgan fingerprint density at radius 3 is 2.12 bits per heavy atom. The minimum Gasteiger partial charge on any atom is -0.393 e. The lowest BCUT2D eigenvalue weighted by Gasteiger charge is -2.63. The molecule has 0 aromatic carbocycles. The summed E-state index contributed by atoms with van der Waals surface area (Å²) >= 11 is 0. The number of ether oxygens (including phenoxy) is 2. The van der Waals surface area contributed by atoms with Crippen molar-refractivity contribution in [3.05, 3.63) is 0 Å². The first-order chi connectivity index (χ1) is 15.7. The first-order valence-corrected chi connectivity index (χ1v) is 13.8. The third-order valence-electron chi connectivity index (χ3n) is 12.5. The van der Waals surface area contributed by atoms with Crippen LogP contribution in [-0.4, -0.2) is 61.8 Å². The van der Waals surface area contributed by atoms with Gasteiger partial charge >= 0.3 is 0 Å². The van der Waals surface area contributed by atoms with E-state index in [0.717, 1.165) is 19.3 Å². The Morgan fingerprint density at radius 1 is 0.794 bits per heavy atom. The molecule has 34 heavy (non-hydrogen) atoms. The van der Waals surface area contributed by atoms with Crippen LogP contribution >= 0.6 is 0 Å². The van der Waals surface area contributed by atoms with Gasteiger partial charge in [-0.3, -0.25) is 0 Å². The molecule has 0 amide bonds. The van der Waals surface area contributed by atoms with Crippen molar-refractivity contribution >= 4 is 0 Å². The van der Waals surface area contributed by atoms with Crippen LogP contribution in [-0.2, 0) is 9.47 Å². The second kappa shape index (κ2) is 6.99. The van der Waals surface area contributed by atoms with E-state index in [0.29, 0.717) is 43.4 Å². The number of hydrogen-bond acceptors (Lipinski definition) is 6. The second-order valence-corrected chi connectivity index (χ2v) is 14.5. The molecule has 6 nitrogen and oxygen atoms in total. The van der Waals surface area contributed by atoms with Gasteiger partial charge in [0, 0.05) is 12.3 Å². The van der Waals surface area contributed by atoms with Crippen LogP contribution in [0.2, 0.25) is 0 Å². The summed E-state index contributed by atoms with van der Waals surface area (Å²) in [6.45, 7) is 12.8. The third kappa shape index (κ3) is 2.79. The van der Waals surface area contributed by atoms with Crippen molar-refractivity contribution in [2.75, 3.05) is 0 Å². The monoisotopic (exact) mass is 478 g/mol. The second-order valence-electron chi connectivity index (χ2n) is 14.5. The van der Waals surface area contributed by atoms with E-state index in [-0.39, 0.29) is 40.3 Å². The largest absolute Gasteiger partial charge is 0.393 e. The molecule has 2 saturated heterocycles. The van der Waals surface area contributed by atoms with Gasteiger partial charge in [0.25, 0.3) is 0 Å². The summed E-state index contributed by atoms with van der Waals surface area (Å²) in [5.74, 6) is 0.397. The van der Waals surface area contributed by atoms with Gasteiger partial charge in [0.05, 0.1) is 30.0 Å². The maximum Gasteiger partial charge on any atom is 0.198 e. The molecule has 6 heteroatoms. The lowest BCUT2D eigenvalue weighted by molar-refractivity contribution is -0.300. The van der Waals surface area contributed by atoms with Crippen LogP contribution in [0.1, 0.15) is 86.5 Å². The smallest absolute Gasteiger partial charge is 0.198 e. The Hall–Kier alpha value is -0.240. The molecule has 0 aromatic rings. The number of aliphatic hydroxyl groups is 4. The highest BCUT2D eigenvalue weighted by Gasteiger charge is 2.77. The molecule has 2 heterocycles. The van der Waals surface area contributed by atoms with Crippen molar-refractivity contribution in [2.24, 2.45) is 46.3 Å². The minimum atomic E-state index is -1.12. The van der Waals surface area contributed by atoms with E-state index in [2.05, 4.69) is 34.6 Å². The number of rotatable bonds is 0. The van der Waals surface area contributed by atoms with Gasteiger partial charge in [-0.25, -0.2) is 0 Å². The van der Waals surface area contributed by atoms with Gasteiger partial charge in [0.15, 0.2) is 5.79 Å². The van der Waals surface area contributed by atoms with Gasteiger partial charge in [-0.05, 0) is 99.7 Å². The molecule has 4 N–H and O–H groups in total. The van der Waals surface area contributed by atoms with Crippen LogP contribution in [0.4, 0.5) is 0 Å². The quantitative estimate of drug-likeness (QED) is 0.427. The molecule has 6 aliphatic rings. The highest BCUT2D eigenvalue weighted by molar-refractivity contribution is 5.22. The van der Waals surface area contributed by atoms with Gasteiger partial charge in [-0.15, -0.1) is 0 Å². The van der Waals surface area contributed by atoms with Crippen molar-refractivity contribution in [1.29, 1.82) is 0 Å². The fourth-order valence-corrected chi connectivity index (χ4v) is 10.7. The lowest BCUT2D eigenvalue weighted by Crippen LogP contribution is -2.63. The van der Waals surface area contributed by atoms with Crippen LogP contribution < -0.4 is 0 Å². The van der Waals surface area contributed by atoms with Gasteiger partial charge in [-0.2, -0.15) is 0 Å². The predicted molar refractivity (Wildman–Crippen MR) is 127 cm³/mol. The average Bonchev–Trinajstić information content (AvgIpc) is 3.20. The molecular weight excluding hydrogens is 432 g/mol. The molecule has 4 aliphatic carbocycles. The summed E-state index contributed by atoms with van der Waals surface area (Å²) in [7, 11) is 0. The van der Waals surface area contributed by atoms with E-state index in [1.54, 1.807) is 0 Å². The third-order valence-corrected chi connectivity index (χ3v) is 12.5. The summed E-state index contributed by atoms with van der Waals surface area (Å²) in [4.78, 5) is 0. The SMILES string of the molecule is C[C@H]1C[C@@]2(O[C@H]3CC4C5CCC6C[C@H](O)[C@H](O)C[C@]6(C)C5[C@@H](O)C[C@]4(C)[C@H]3[C@@]2(C)O)OC1(C)C. The van der Waals surface area contributed by atoms with E-state index in [4.69, 9.17) is 9.47 Å². The van der Waals surface area contributed by atoms with Gasteiger partial charge in [0.1, 0.15) is 5.60 Å². The van der Waals surface area contributed by atoms with E-state index >= 15 is 0 Å². The number of hydrogen-bond donors (Lipinski definition) is 4. The van der Waals surface area contributed by atoms with E-state index < -0.39 is 29.7 Å². The maximum atomic E-state index is 12.2. The number of aliphatic hydroxyl groups excluding tert-OH is 3. The Balaban J connectivity index is 1.34. The van der Waals surface area contributed by atoms with Crippen LogP contribution in [0.25, 0.3) is 0 Å². The molecule has 14 atom stereocenters. The van der Waals surface area contributed by atoms with E-state index in [9.17, 15) is 20.4 Å². The molecule has 4 unspecified atom stereocenters. The molecule has 0 radical (unpaired) electrons. The van der Waals surface area contributed by atoms with Crippen molar-refractivity contribution in [2.45, 2.75) is 128 Å². The van der Waals surface area contributed by atoms with Crippen molar-refractivity contribution in [1.82, 2.24) is 0 Å². The van der Waals surface area contributed by atoms with Crippen molar-refractivity contribution < 1.29 is 29.9 Å². The Bertz CT molecular complexity index is 858. The van der Waals surface area contributed by atoms with E-state index in [1.807, 2.05) is 6.92 Å². The summed E-state index contributed by atoms with van der Waals surface area (Å²) < 4.78 is 13.3. The summed E-state index contributed by atoms with van der Waals surface area (Å²) in [6.07, 6.45) is 3.60. The zero-order valence-corrected chi connectivity index (χ0v) is 21.8. The zero-order valence-electron chi connectivity index (χ0n) is 21.8. The topological polar surface area (TPSA) is 99.4 Å². The first-order valence-electron chi connectivity index (χ1n) is 13.8. The summed E-state index contributed by atoms with van der Waals surface area (Å²) in [5, 5.41) is 44.8. The lowest BCUT2D eigenvalue weighted by atomic mass is 9.43. The standard InChI is InChI=1S/C28H46O6/c1-14-11-28(34-24(14,2)3)27(6,32)23-21(33-28)10-17-16-8-7-15-9-18(29)19(30)12-25(15,4)22(16)20(31)13-26(17,23)5/h14-23,29-32H,7-13H2,1-6H3/t14-,15?,16?,17?,18-,19+,20-,21-,22?,23-,25-,26-,27+,28+/m0/s1. The van der Waals surface area contributed by atoms with Crippen LogP contribution in [0, 0.1) is 46.3 Å². The fraction of sp³-hybridized carbons (Fsp3) is 1.00. The molecular formula is C28H46O6. The fourth-order valence-electron chi connectivity index (χ4n) is 10.7. The van der Waals surface area contributed by atoms with Crippen molar-refractivity contribution in [3.8, 4) is 0 Å². The Morgan fingerprint density at radius 2 is 1.47 bits per heavy atom. The molecule has 6 fully saturated rings. The molecule has 2 aliphatic heterocycles. The Kier molecular flexibility index (Phi) is 4.96.